The van der Waals surface area contributed by atoms with Crippen molar-refractivity contribution in [1.29, 1.82) is 0 Å². The Labute approximate surface area is 236 Å². The first-order valence-electron chi connectivity index (χ1n) is 12.8. The van der Waals surface area contributed by atoms with Crippen molar-refractivity contribution in [3.63, 3.8) is 0 Å². The van der Waals surface area contributed by atoms with Crippen molar-refractivity contribution in [2.24, 2.45) is 0 Å². The van der Waals surface area contributed by atoms with E-state index in [2.05, 4.69) is 5.32 Å². The highest BCUT2D eigenvalue weighted by Crippen LogP contribution is 2.28. The lowest BCUT2D eigenvalue weighted by Crippen LogP contribution is -2.54. The quantitative estimate of drug-likeness (QED) is 0.409. The fourth-order valence-corrected chi connectivity index (χ4v) is 6.20. The molecule has 1 N–H and O–H groups in total. The third kappa shape index (κ3) is 7.40. The Kier molecular flexibility index (Phi) is 10.8. The molecule has 208 valence electrons. The Bertz CT molecular complexity index is 1180. The number of amides is 2. The highest BCUT2D eigenvalue weighted by atomic mass is 35.5. The fourth-order valence-electron chi connectivity index (χ4n) is 4.63. The number of carbonyl (C=O) groups excluding carboxylic acids is 2. The van der Waals surface area contributed by atoms with Crippen LogP contribution in [0.15, 0.2) is 48.5 Å². The number of nitrogens with zero attached hydrogens (tertiary/aromatic N) is 3. The van der Waals surface area contributed by atoms with Crippen LogP contribution in [0.4, 0.5) is 5.69 Å². The molecule has 1 atom stereocenters. The summed E-state index contributed by atoms with van der Waals surface area (Å²) in [6.07, 6.45) is 5.37. The highest BCUT2D eigenvalue weighted by Gasteiger charge is 2.35. The van der Waals surface area contributed by atoms with E-state index in [-0.39, 0.29) is 18.5 Å². The van der Waals surface area contributed by atoms with E-state index in [0.717, 1.165) is 40.7 Å². The van der Waals surface area contributed by atoms with Crippen LogP contribution in [0, 0.1) is 0 Å². The second kappa shape index (κ2) is 13.6. The van der Waals surface area contributed by atoms with Crippen LogP contribution in [0.2, 0.25) is 10.0 Å². The molecule has 11 heteroatoms. The second-order valence-electron chi connectivity index (χ2n) is 9.62. The van der Waals surface area contributed by atoms with Crippen molar-refractivity contribution in [3.8, 4) is 0 Å². The van der Waals surface area contributed by atoms with E-state index in [1.807, 2.05) is 6.92 Å². The SMILES string of the molecule is CCC(C(=O)NC1CCCCC1)N(Cc1c(Cl)cccc1Cl)C(=O)CN(c1ccccc1)S(=O)(=O)N(C)C. The van der Waals surface area contributed by atoms with E-state index in [1.165, 1.54) is 19.0 Å². The van der Waals surface area contributed by atoms with Crippen molar-refractivity contribution in [1.82, 2.24) is 14.5 Å². The van der Waals surface area contributed by atoms with Crippen LogP contribution in [-0.2, 0) is 26.3 Å². The van der Waals surface area contributed by atoms with Gasteiger partial charge in [-0.2, -0.15) is 12.7 Å². The van der Waals surface area contributed by atoms with Crippen LogP contribution in [0.1, 0.15) is 51.0 Å². The zero-order chi connectivity index (χ0) is 27.9. The largest absolute Gasteiger partial charge is 0.352 e. The topological polar surface area (TPSA) is 90.0 Å². The summed E-state index contributed by atoms with van der Waals surface area (Å²) in [6.45, 7) is 1.28. The Hall–Kier alpha value is -2.33. The average Bonchev–Trinajstić information content (AvgIpc) is 2.89. The first-order valence-corrected chi connectivity index (χ1v) is 15.0. The van der Waals surface area contributed by atoms with Gasteiger partial charge in [-0.15, -0.1) is 0 Å². The van der Waals surface area contributed by atoms with Crippen molar-refractivity contribution >= 4 is 50.9 Å². The predicted molar refractivity (Wildman–Crippen MR) is 153 cm³/mol. The molecule has 38 heavy (non-hydrogen) atoms. The molecule has 1 unspecified atom stereocenters. The summed E-state index contributed by atoms with van der Waals surface area (Å²) in [5, 5.41) is 3.83. The molecule has 0 heterocycles. The third-order valence-corrected chi connectivity index (χ3v) is 9.32. The molecule has 0 spiro atoms. The molecular formula is C27H36Cl2N4O4S. The van der Waals surface area contributed by atoms with E-state index < -0.39 is 28.7 Å². The summed E-state index contributed by atoms with van der Waals surface area (Å²) in [4.78, 5) is 28.8. The molecule has 1 aliphatic rings. The van der Waals surface area contributed by atoms with Gasteiger partial charge in [0.05, 0.1) is 5.69 Å². The Morgan fingerprint density at radius 1 is 0.974 bits per heavy atom. The van der Waals surface area contributed by atoms with Gasteiger partial charge in [-0.25, -0.2) is 4.31 Å². The van der Waals surface area contributed by atoms with Gasteiger partial charge in [-0.1, -0.05) is 73.7 Å². The number of anilines is 1. The third-order valence-electron chi connectivity index (χ3n) is 6.79. The van der Waals surface area contributed by atoms with Crippen molar-refractivity contribution < 1.29 is 18.0 Å². The summed E-state index contributed by atoms with van der Waals surface area (Å²) in [6, 6.07) is 12.7. The molecule has 0 saturated heterocycles. The normalized spacial score (nSPS) is 15.2. The number of hydrogen-bond acceptors (Lipinski definition) is 4. The summed E-state index contributed by atoms with van der Waals surface area (Å²) in [7, 11) is -1.21. The molecule has 1 saturated carbocycles. The van der Waals surface area contributed by atoms with E-state index >= 15 is 0 Å². The lowest BCUT2D eigenvalue weighted by molar-refractivity contribution is -0.140. The monoisotopic (exact) mass is 582 g/mol. The van der Waals surface area contributed by atoms with Crippen molar-refractivity contribution in [2.75, 3.05) is 24.9 Å². The number of rotatable bonds is 11. The molecule has 2 amide bonds. The van der Waals surface area contributed by atoms with Crippen LogP contribution >= 0.6 is 23.2 Å². The first-order chi connectivity index (χ1) is 18.1. The van der Waals surface area contributed by atoms with Gasteiger partial charge in [0.25, 0.3) is 0 Å². The number of halogens is 2. The molecule has 3 rings (SSSR count). The number of hydrogen-bond donors (Lipinski definition) is 1. The minimum Gasteiger partial charge on any atom is -0.352 e. The van der Waals surface area contributed by atoms with Gasteiger partial charge in [-0.3, -0.25) is 9.59 Å². The zero-order valence-corrected chi connectivity index (χ0v) is 24.4. The van der Waals surface area contributed by atoms with Crippen LogP contribution in [-0.4, -0.2) is 62.2 Å². The lowest BCUT2D eigenvalue weighted by atomic mass is 9.95. The summed E-state index contributed by atoms with van der Waals surface area (Å²) < 4.78 is 28.6. The fraction of sp³-hybridized carbons (Fsp3) is 0.481. The molecule has 0 bridgehead atoms. The van der Waals surface area contributed by atoms with E-state index in [1.54, 1.807) is 48.5 Å². The Balaban J connectivity index is 1.98. The maximum absolute atomic E-state index is 14.0. The molecule has 2 aromatic rings. The van der Waals surface area contributed by atoms with E-state index in [9.17, 15) is 18.0 Å². The second-order valence-corrected chi connectivity index (χ2v) is 12.5. The van der Waals surface area contributed by atoms with Crippen molar-refractivity contribution in [2.45, 2.75) is 64.1 Å². The summed E-state index contributed by atoms with van der Waals surface area (Å²) in [5.41, 5.74) is 0.833. The van der Waals surface area contributed by atoms with Crippen LogP contribution in [0.5, 0.6) is 0 Å². The standard InChI is InChI=1S/C27H36Cl2N4O4S/c1-4-25(27(35)30-20-12-7-5-8-13-20)32(18-22-23(28)16-11-17-24(22)29)26(34)19-33(38(36,37)31(2)3)21-14-9-6-10-15-21/h6,9-11,14-17,20,25H,4-5,7-8,12-13,18-19H2,1-3H3,(H,30,35). The molecule has 2 aromatic carbocycles. The van der Waals surface area contributed by atoms with Crippen molar-refractivity contribution in [3.05, 3.63) is 64.1 Å². The average molecular weight is 584 g/mol. The van der Waals surface area contributed by atoms with E-state index in [0.29, 0.717) is 27.7 Å². The predicted octanol–water partition coefficient (Wildman–Crippen LogP) is 4.86. The molecule has 0 aliphatic heterocycles. The van der Waals surface area contributed by atoms with Crippen LogP contribution in [0.3, 0.4) is 0 Å². The van der Waals surface area contributed by atoms with Gasteiger partial charge in [0.2, 0.25) is 11.8 Å². The molecule has 0 aromatic heterocycles. The smallest absolute Gasteiger partial charge is 0.304 e. The van der Waals surface area contributed by atoms with Crippen LogP contribution < -0.4 is 9.62 Å². The number of para-hydroxylation sites is 1. The molecule has 1 aliphatic carbocycles. The maximum atomic E-state index is 14.0. The summed E-state index contributed by atoms with van der Waals surface area (Å²) in [5.74, 6) is -0.807. The highest BCUT2D eigenvalue weighted by molar-refractivity contribution is 7.90. The number of carbonyl (C=O) groups is 2. The van der Waals surface area contributed by atoms with Gasteiger partial charge in [0.15, 0.2) is 0 Å². The van der Waals surface area contributed by atoms with Gasteiger partial charge < -0.3 is 10.2 Å². The molecule has 1 fully saturated rings. The minimum absolute atomic E-state index is 0.0431. The summed E-state index contributed by atoms with van der Waals surface area (Å²) >= 11 is 12.9. The first kappa shape index (κ1) is 30.2. The maximum Gasteiger partial charge on any atom is 0.304 e. The minimum atomic E-state index is -4.02. The van der Waals surface area contributed by atoms with Gasteiger partial charge in [0.1, 0.15) is 12.6 Å². The molecular weight excluding hydrogens is 547 g/mol. The lowest BCUT2D eigenvalue weighted by Gasteiger charge is -2.35. The van der Waals surface area contributed by atoms with E-state index in [4.69, 9.17) is 23.2 Å². The molecule has 0 radical (unpaired) electrons. The Morgan fingerprint density at radius 2 is 1.58 bits per heavy atom. The Morgan fingerprint density at radius 3 is 2.13 bits per heavy atom. The van der Waals surface area contributed by atoms with Gasteiger partial charge in [0, 0.05) is 42.3 Å². The number of nitrogens with one attached hydrogen (secondary N) is 1. The molecule has 8 nitrogen and oxygen atoms in total. The van der Waals surface area contributed by atoms with Crippen LogP contribution in [0.25, 0.3) is 0 Å². The number of benzene rings is 2. The zero-order valence-electron chi connectivity index (χ0n) is 22.1. The van der Waals surface area contributed by atoms with Gasteiger partial charge >= 0.3 is 10.2 Å². The van der Waals surface area contributed by atoms with Gasteiger partial charge in [-0.05, 0) is 43.5 Å².